The standard InChI is InChI=1S/C14H19N5O6/c1-7(20)24-5-10(23-3)9(25-8(2)21)4-19-6-16-11-12(19)17-14(15)18-13(11)22/h6,9-10H,4-5H2,1-3H3,(H3,15,17,18,22)/t9-,10+/m0/s1. The fourth-order valence-corrected chi connectivity index (χ4v) is 2.27. The van der Waals surface area contributed by atoms with Gasteiger partial charge in [0.2, 0.25) is 5.95 Å². The molecule has 3 N–H and O–H groups in total. The second-order valence-corrected chi connectivity index (χ2v) is 5.24. The average molecular weight is 353 g/mol. The minimum Gasteiger partial charge on any atom is -0.463 e. The number of rotatable bonds is 7. The van der Waals surface area contributed by atoms with Crippen molar-refractivity contribution < 1.29 is 23.8 Å². The summed E-state index contributed by atoms with van der Waals surface area (Å²) in [5.41, 5.74) is 5.42. The van der Waals surface area contributed by atoms with E-state index >= 15 is 0 Å². The number of nitrogen functional groups attached to an aromatic ring is 1. The molecule has 0 amide bonds. The molecule has 2 heterocycles. The van der Waals surface area contributed by atoms with Crippen molar-refractivity contribution in [1.82, 2.24) is 19.5 Å². The predicted octanol–water partition coefficient (Wildman–Crippen LogP) is -0.788. The maximum atomic E-state index is 11.8. The fourth-order valence-electron chi connectivity index (χ4n) is 2.27. The fraction of sp³-hybridized carbons (Fsp3) is 0.500. The molecule has 136 valence electrons. The molecule has 2 atom stereocenters. The largest absolute Gasteiger partial charge is 0.463 e. The Hall–Kier alpha value is -2.95. The SMILES string of the molecule is CO[C@H](COC(C)=O)[C@H](Cn1cnc2c(=O)[nH]c(N)nc21)OC(C)=O. The van der Waals surface area contributed by atoms with Gasteiger partial charge in [-0.1, -0.05) is 0 Å². The number of carbonyl (C=O) groups excluding carboxylic acids is 2. The Morgan fingerprint density at radius 2 is 2.04 bits per heavy atom. The smallest absolute Gasteiger partial charge is 0.303 e. The highest BCUT2D eigenvalue weighted by atomic mass is 16.6. The van der Waals surface area contributed by atoms with Crippen LogP contribution in [0, 0.1) is 0 Å². The Morgan fingerprint density at radius 3 is 2.64 bits per heavy atom. The van der Waals surface area contributed by atoms with E-state index in [0.29, 0.717) is 0 Å². The van der Waals surface area contributed by atoms with Crippen LogP contribution in [0.5, 0.6) is 0 Å². The third-order valence-electron chi connectivity index (χ3n) is 3.36. The third-order valence-corrected chi connectivity index (χ3v) is 3.36. The van der Waals surface area contributed by atoms with Crippen LogP contribution >= 0.6 is 0 Å². The van der Waals surface area contributed by atoms with E-state index in [-0.39, 0.29) is 30.3 Å². The molecule has 2 rings (SSSR count). The van der Waals surface area contributed by atoms with Crippen molar-refractivity contribution in [2.75, 3.05) is 19.5 Å². The maximum absolute atomic E-state index is 11.8. The molecule has 0 saturated heterocycles. The van der Waals surface area contributed by atoms with Gasteiger partial charge in [0.05, 0.1) is 12.9 Å². The molecule has 0 aliphatic carbocycles. The summed E-state index contributed by atoms with van der Waals surface area (Å²) in [4.78, 5) is 44.6. The van der Waals surface area contributed by atoms with E-state index in [1.54, 1.807) is 0 Å². The van der Waals surface area contributed by atoms with E-state index in [9.17, 15) is 14.4 Å². The molecular formula is C14H19N5O6. The summed E-state index contributed by atoms with van der Waals surface area (Å²) in [6.07, 6.45) is -0.146. The number of anilines is 1. The summed E-state index contributed by atoms with van der Waals surface area (Å²) in [5.74, 6) is -1.09. The van der Waals surface area contributed by atoms with Gasteiger partial charge < -0.3 is 24.5 Å². The Labute approximate surface area is 142 Å². The quantitative estimate of drug-likeness (QED) is 0.610. The Balaban J connectivity index is 2.31. The van der Waals surface area contributed by atoms with Crippen LogP contribution in [0.15, 0.2) is 11.1 Å². The highest BCUT2D eigenvalue weighted by Gasteiger charge is 2.27. The summed E-state index contributed by atoms with van der Waals surface area (Å²) in [5, 5.41) is 0. The predicted molar refractivity (Wildman–Crippen MR) is 85.5 cm³/mol. The van der Waals surface area contributed by atoms with Crippen LogP contribution in [0.1, 0.15) is 13.8 Å². The zero-order valence-corrected chi connectivity index (χ0v) is 14.0. The number of H-pyrrole nitrogens is 1. The number of hydrogen-bond acceptors (Lipinski definition) is 9. The highest BCUT2D eigenvalue weighted by Crippen LogP contribution is 2.13. The number of imidazole rings is 1. The maximum Gasteiger partial charge on any atom is 0.303 e. The zero-order chi connectivity index (χ0) is 18.6. The molecule has 0 saturated carbocycles. The van der Waals surface area contributed by atoms with Crippen LogP contribution in [0.4, 0.5) is 5.95 Å². The van der Waals surface area contributed by atoms with Crippen LogP contribution in [-0.2, 0) is 30.3 Å². The molecule has 0 unspecified atom stereocenters. The summed E-state index contributed by atoms with van der Waals surface area (Å²) in [6, 6.07) is 0. The van der Waals surface area contributed by atoms with Crippen molar-refractivity contribution in [2.24, 2.45) is 0 Å². The van der Waals surface area contributed by atoms with E-state index in [1.807, 2.05) is 0 Å². The lowest BCUT2D eigenvalue weighted by Gasteiger charge is -2.25. The molecule has 25 heavy (non-hydrogen) atoms. The van der Waals surface area contributed by atoms with Gasteiger partial charge in [-0.2, -0.15) is 4.98 Å². The number of aromatic nitrogens is 4. The number of nitrogens with two attached hydrogens (primary N) is 1. The number of nitrogens with one attached hydrogen (secondary N) is 1. The first-order valence-electron chi connectivity index (χ1n) is 7.35. The molecule has 0 bridgehead atoms. The molecule has 0 aliphatic rings. The van der Waals surface area contributed by atoms with Gasteiger partial charge in [-0.05, 0) is 0 Å². The van der Waals surface area contributed by atoms with E-state index in [1.165, 1.54) is 31.9 Å². The first kappa shape index (κ1) is 18.4. The minimum atomic E-state index is -0.804. The average Bonchev–Trinajstić information content (AvgIpc) is 2.90. The van der Waals surface area contributed by atoms with Crippen LogP contribution < -0.4 is 11.3 Å². The van der Waals surface area contributed by atoms with Crippen LogP contribution in [0.25, 0.3) is 11.2 Å². The summed E-state index contributed by atoms with van der Waals surface area (Å²) < 4.78 is 17.0. The van der Waals surface area contributed by atoms with Gasteiger partial charge in [0, 0.05) is 21.0 Å². The lowest BCUT2D eigenvalue weighted by Crippen LogP contribution is -2.39. The number of esters is 2. The number of carbonyl (C=O) groups is 2. The van der Waals surface area contributed by atoms with Crippen molar-refractivity contribution in [3.8, 4) is 0 Å². The molecule has 0 aromatic carbocycles. The molecule has 2 aromatic heterocycles. The normalized spacial score (nSPS) is 13.4. The van der Waals surface area contributed by atoms with Crippen molar-refractivity contribution in [2.45, 2.75) is 32.6 Å². The van der Waals surface area contributed by atoms with E-state index < -0.39 is 29.7 Å². The molecule has 11 heteroatoms. The second-order valence-electron chi connectivity index (χ2n) is 5.24. The number of ether oxygens (including phenoxy) is 3. The van der Waals surface area contributed by atoms with Crippen LogP contribution in [0.2, 0.25) is 0 Å². The summed E-state index contributed by atoms with van der Waals surface area (Å²) in [6.45, 7) is 2.48. The van der Waals surface area contributed by atoms with Crippen LogP contribution in [-0.4, -0.2) is 57.4 Å². The van der Waals surface area contributed by atoms with Crippen molar-refractivity contribution >= 4 is 29.1 Å². The third kappa shape index (κ3) is 4.53. The van der Waals surface area contributed by atoms with Crippen molar-refractivity contribution in [3.63, 3.8) is 0 Å². The second kappa shape index (κ2) is 7.75. The van der Waals surface area contributed by atoms with Crippen molar-refractivity contribution in [3.05, 3.63) is 16.7 Å². The molecule has 0 spiro atoms. The number of nitrogens with zero attached hydrogens (tertiary/aromatic N) is 3. The number of hydrogen-bond donors (Lipinski definition) is 2. The summed E-state index contributed by atoms with van der Waals surface area (Å²) in [7, 11) is 1.40. The van der Waals surface area contributed by atoms with Gasteiger partial charge in [-0.15, -0.1) is 0 Å². The van der Waals surface area contributed by atoms with Gasteiger partial charge in [-0.3, -0.25) is 19.4 Å². The molecule has 11 nitrogen and oxygen atoms in total. The van der Waals surface area contributed by atoms with E-state index in [0.717, 1.165) is 0 Å². The lowest BCUT2D eigenvalue weighted by molar-refractivity contribution is -0.161. The minimum absolute atomic E-state index is 0.0634. The Bertz CT molecular complexity index is 829. The zero-order valence-electron chi connectivity index (χ0n) is 14.0. The number of methoxy groups -OCH3 is 1. The van der Waals surface area contributed by atoms with E-state index in [4.69, 9.17) is 19.9 Å². The summed E-state index contributed by atoms with van der Waals surface area (Å²) >= 11 is 0. The first-order chi connectivity index (χ1) is 11.8. The van der Waals surface area contributed by atoms with Gasteiger partial charge in [0.25, 0.3) is 5.56 Å². The molecular weight excluding hydrogens is 334 g/mol. The molecule has 0 radical (unpaired) electrons. The van der Waals surface area contributed by atoms with E-state index in [2.05, 4.69) is 15.0 Å². The molecule has 0 aliphatic heterocycles. The monoisotopic (exact) mass is 353 g/mol. The molecule has 0 fully saturated rings. The highest BCUT2D eigenvalue weighted by molar-refractivity contribution is 5.70. The lowest BCUT2D eigenvalue weighted by atomic mass is 10.2. The van der Waals surface area contributed by atoms with Gasteiger partial charge in [-0.25, -0.2) is 4.98 Å². The Morgan fingerprint density at radius 1 is 1.32 bits per heavy atom. The topological polar surface area (TPSA) is 151 Å². The van der Waals surface area contributed by atoms with Crippen molar-refractivity contribution in [1.29, 1.82) is 0 Å². The van der Waals surface area contributed by atoms with Crippen LogP contribution in [0.3, 0.4) is 0 Å². The number of fused-ring (bicyclic) bond motifs is 1. The first-order valence-corrected chi connectivity index (χ1v) is 7.35. The Kier molecular flexibility index (Phi) is 5.70. The van der Waals surface area contributed by atoms with Gasteiger partial charge >= 0.3 is 11.9 Å². The van der Waals surface area contributed by atoms with Gasteiger partial charge in [0.15, 0.2) is 11.2 Å². The number of aromatic amines is 1. The van der Waals surface area contributed by atoms with Gasteiger partial charge in [0.1, 0.15) is 18.8 Å². The molecule has 2 aromatic rings.